The summed E-state index contributed by atoms with van der Waals surface area (Å²) in [6.45, 7) is 2.92. The summed E-state index contributed by atoms with van der Waals surface area (Å²) >= 11 is 0. The minimum Gasteiger partial charge on any atom is -0.490 e. The maximum atomic E-state index is 12.4. The van der Waals surface area contributed by atoms with Crippen LogP contribution in [0.25, 0.3) is 22.6 Å². The van der Waals surface area contributed by atoms with Crippen molar-refractivity contribution in [3.05, 3.63) is 94.5 Å². The molecule has 0 fully saturated rings. The predicted octanol–water partition coefficient (Wildman–Crippen LogP) is 3.30. The summed E-state index contributed by atoms with van der Waals surface area (Å²) in [5, 5.41) is 4.49. The molecule has 4 aromatic rings. The number of primary amides is 1. The van der Waals surface area contributed by atoms with Gasteiger partial charge in [-0.3, -0.25) is 9.59 Å². The maximum Gasteiger partial charge on any atom is 0.267 e. The van der Waals surface area contributed by atoms with Gasteiger partial charge in [0.2, 0.25) is 5.91 Å². The van der Waals surface area contributed by atoms with Gasteiger partial charge in [0.15, 0.2) is 11.6 Å². The summed E-state index contributed by atoms with van der Waals surface area (Å²) < 4.78 is 6.92. The third kappa shape index (κ3) is 5.30. The molecule has 0 saturated carbocycles. The molecule has 2 aromatic carbocycles. The van der Waals surface area contributed by atoms with Crippen molar-refractivity contribution in [3.63, 3.8) is 0 Å². The van der Waals surface area contributed by atoms with E-state index in [0.717, 1.165) is 17.5 Å². The number of nitrogens with zero attached hydrogens (tertiary/aromatic N) is 4. The molecule has 0 aliphatic carbocycles. The molecule has 0 aliphatic heterocycles. The van der Waals surface area contributed by atoms with E-state index in [2.05, 4.69) is 15.1 Å². The Morgan fingerprint density at radius 3 is 2.52 bits per heavy atom. The normalized spacial score (nSPS) is 10.7. The van der Waals surface area contributed by atoms with Crippen molar-refractivity contribution in [2.24, 2.45) is 5.73 Å². The van der Waals surface area contributed by atoms with Crippen molar-refractivity contribution in [1.82, 2.24) is 19.7 Å². The van der Waals surface area contributed by atoms with Crippen LogP contribution >= 0.6 is 0 Å². The smallest absolute Gasteiger partial charge is 0.267 e. The topological polar surface area (TPSA) is 113 Å². The second kappa shape index (κ2) is 9.86. The Morgan fingerprint density at radius 2 is 1.76 bits per heavy atom. The molecule has 1 amide bonds. The van der Waals surface area contributed by atoms with Crippen molar-refractivity contribution in [3.8, 4) is 28.4 Å². The lowest BCUT2D eigenvalue weighted by atomic mass is 10.1. The molecule has 0 bridgehead atoms. The molecule has 166 valence electrons. The van der Waals surface area contributed by atoms with Gasteiger partial charge in [0, 0.05) is 22.8 Å². The van der Waals surface area contributed by atoms with Gasteiger partial charge < -0.3 is 10.5 Å². The van der Waals surface area contributed by atoms with Crippen molar-refractivity contribution in [2.75, 3.05) is 6.61 Å². The van der Waals surface area contributed by atoms with Gasteiger partial charge in [-0.15, -0.1) is 0 Å². The minimum absolute atomic E-state index is 0.233. The van der Waals surface area contributed by atoms with E-state index >= 15 is 0 Å². The zero-order chi connectivity index (χ0) is 23.2. The number of carbonyl (C=O) groups excluding carboxylic acids is 1. The van der Waals surface area contributed by atoms with Gasteiger partial charge in [-0.25, -0.2) is 14.6 Å². The fourth-order valence-electron chi connectivity index (χ4n) is 3.29. The van der Waals surface area contributed by atoms with Crippen LogP contribution in [0.3, 0.4) is 0 Å². The number of hydrogen-bond acceptors (Lipinski definition) is 6. The first-order chi connectivity index (χ1) is 16.0. The molecule has 0 spiro atoms. The zero-order valence-corrected chi connectivity index (χ0v) is 18.1. The number of nitrogens with two attached hydrogens (primary N) is 1. The molecule has 8 heteroatoms. The molecule has 8 nitrogen and oxygen atoms in total. The maximum absolute atomic E-state index is 12.4. The predicted molar refractivity (Wildman–Crippen MR) is 125 cm³/mol. The fraction of sp³-hybridized carbons (Fsp3) is 0.160. The zero-order valence-electron chi connectivity index (χ0n) is 18.1. The summed E-state index contributed by atoms with van der Waals surface area (Å²) in [6.07, 6.45) is 4.22. The first-order valence-electron chi connectivity index (χ1n) is 10.6. The van der Waals surface area contributed by atoms with E-state index in [9.17, 15) is 9.59 Å². The summed E-state index contributed by atoms with van der Waals surface area (Å²) in [5.74, 6) is 0.678. The fourth-order valence-corrected chi connectivity index (χ4v) is 3.29. The number of aromatic nitrogens is 4. The summed E-state index contributed by atoms with van der Waals surface area (Å²) in [5.41, 5.74) is 8.50. The second-order valence-corrected chi connectivity index (χ2v) is 7.45. The van der Waals surface area contributed by atoms with Crippen LogP contribution in [0.2, 0.25) is 0 Å². The average molecular weight is 441 g/mol. The first-order valence-corrected chi connectivity index (χ1v) is 10.6. The molecule has 0 atom stereocenters. The third-order valence-corrected chi connectivity index (χ3v) is 4.93. The number of hydrogen-bond donors (Lipinski definition) is 1. The SMILES string of the molecule is CCCOc1cnc(-c2cccc(Cn3nc(-c4cccc(C(N)=O)c4)ccc3=O)c2)nc1. The standard InChI is InChI=1S/C25H23N5O3/c1-2-11-33-21-14-27-25(28-15-21)20-8-3-5-17(12-20)16-30-23(31)10-9-22(29-30)18-6-4-7-19(13-18)24(26)32/h3-10,12-15H,2,11,16H2,1H3,(H2,26,32). The van der Waals surface area contributed by atoms with Crippen LogP contribution in [0.4, 0.5) is 0 Å². The Morgan fingerprint density at radius 1 is 1.00 bits per heavy atom. The largest absolute Gasteiger partial charge is 0.490 e. The lowest BCUT2D eigenvalue weighted by Gasteiger charge is -2.09. The van der Waals surface area contributed by atoms with Gasteiger partial charge >= 0.3 is 0 Å². The third-order valence-electron chi connectivity index (χ3n) is 4.93. The quantitative estimate of drug-likeness (QED) is 0.449. The number of amides is 1. The molecule has 2 N–H and O–H groups in total. The molecule has 2 heterocycles. The first kappa shape index (κ1) is 21.9. The van der Waals surface area contributed by atoms with Crippen LogP contribution in [0, 0.1) is 0 Å². The van der Waals surface area contributed by atoms with Gasteiger partial charge in [0.1, 0.15) is 0 Å². The highest BCUT2D eigenvalue weighted by molar-refractivity contribution is 5.93. The molecule has 0 radical (unpaired) electrons. The summed E-state index contributed by atoms with van der Waals surface area (Å²) in [7, 11) is 0. The number of carbonyl (C=O) groups is 1. The van der Waals surface area contributed by atoms with Crippen LogP contribution in [0.5, 0.6) is 5.75 Å². The van der Waals surface area contributed by atoms with Gasteiger partial charge in [-0.05, 0) is 36.2 Å². The molecule has 0 aliphatic rings. The van der Waals surface area contributed by atoms with Crippen molar-refractivity contribution in [2.45, 2.75) is 19.9 Å². The van der Waals surface area contributed by atoms with E-state index < -0.39 is 5.91 Å². The number of ether oxygens (including phenoxy) is 1. The molecule has 33 heavy (non-hydrogen) atoms. The van der Waals surface area contributed by atoms with Crippen molar-refractivity contribution in [1.29, 1.82) is 0 Å². The van der Waals surface area contributed by atoms with Crippen LogP contribution in [-0.2, 0) is 6.54 Å². The molecule has 0 unspecified atom stereocenters. The summed E-state index contributed by atoms with van der Waals surface area (Å²) in [6, 6.07) is 17.6. The highest BCUT2D eigenvalue weighted by Gasteiger charge is 2.09. The van der Waals surface area contributed by atoms with Crippen molar-refractivity contribution < 1.29 is 9.53 Å². The highest BCUT2D eigenvalue weighted by Crippen LogP contribution is 2.20. The molecule has 4 rings (SSSR count). The van der Waals surface area contributed by atoms with Crippen LogP contribution in [-0.4, -0.2) is 32.3 Å². The number of rotatable bonds is 8. The van der Waals surface area contributed by atoms with Crippen LogP contribution < -0.4 is 16.0 Å². The molecular weight excluding hydrogens is 418 g/mol. The molecular formula is C25H23N5O3. The van der Waals surface area contributed by atoms with E-state index in [0.29, 0.717) is 35.0 Å². The lowest BCUT2D eigenvalue weighted by molar-refractivity contribution is 0.100. The van der Waals surface area contributed by atoms with E-state index in [1.165, 1.54) is 10.7 Å². The lowest BCUT2D eigenvalue weighted by Crippen LogP contribution is -2.23. The molecule has 2 aromatic heterocycles. The second-order valence-electron chi connectivity index (χ2n) is 7.45. The van der Waals surface area contributed by atoms with Crippen LogP contribution in [0.1, 0.15) is 29.3 Å². The minimum atomic E-state index is -0.519. The van der Waals surface area contributed by atoms with E-state index in [4.69, 9.17) is 10.5 Å². The summed E-state index contributed by atoms with van der Waals surface area (Å²) in [4.78, 5) is 32.7. The Bertz CT molecular complexity index is 1330. The average Bonchev–Trinajstić information content (AvgIpc) is 2.84. The Hall–Kier alpha value is -4.33. The van der Waals surface area contributed by atoms with Gasteiger partial charge in [0.25, 0.3) is 5.56 Å². The Labute approximate surface area is 190 Å². The molecule has 0 saturated heterocycles. The van der Waals surface area contributed by atoms with Gasteiger partial charge in [-0.1, -0.05) is 37.3 Å². The van der Waals surface area contributed by atoms with Crippen LogP contribution in [0.15, 0.2) is 77.9 Å². The van der Waals surface area contributed by atoms with Gasteiger partial charge in [0.05, 0.1) is 31.2 Å². The van der Waals surface area contributed by atoms with E-state index in [-0.39, 0.29) is 12.1 Å². The highest BCUT2D eigenvalue weighted by atomic mass is 16.5. The Kier molecular flexibility index (Phi) is 6.54. The monoisotopic (exact) mass is 441 g/mol. The van der Waals surface area contributed by atoms with E-state index in [1.807, 2.05) is 37.3 Å². The number of benzene rings is 2. The van der Waals surface area contributed by atoms with Crippen molar-refractivity contribution >= 4 is 5.91 Å². The Balaban J connectivity index is 1.58. The van der Waals surface area contributed by atoms with Gasteiger partial charge in [-0.2, -0.15) is 5.10 Å². The van der Waals surface area contributed by atoms with E-state index in [1.54, 1.807) is 36.7 Å².